The van der Waals surface area contributed by atoms with E-state index < -0.39 is 6.17 Å². The molecule has 1 N–H and O–H groups in total. The zero-order valence-corrected chi connectivity index (χ0v) is 16.7. The van der Waals surface area contributed by atoms with Crippen molar-refractivity contribution in [3.05, 3.63) is 41.6 Å². The fourth-order valence-electron chi connectivity index (χ4n) is 4.64. The van der Waals surface area contributed by atoms with Gasteiger partial charge in [-0.05, 0) is 43.2 Å². The summed E-state index contributed by atoms with van der Waals surface area (Å²) in [6, 6.07) is 6.56. The van der Waals surface area contributed by atoms with Crippen LogP contribution in [0.3, 0.4) is 0 Å². The molecule has 1 aliphatic carbocycles. The molecular formula is C22H28FN3O2. The number of carbonyl (C=O) groups is 1. The molecule has 1 aromatic carbocycles. The van der Waals surface area contributed by atoms with Crippen molar-refractivity contribution in [2.75, 3.05) is 40.4 Å². The number of H-pyrrole nitrogens is 1. The van der Waals surface area contributed by atoms with Gasteiger partial charge in [0.05, 0.1) is 19.1 Å². The number of nitrogens with zero attached hydrogens (tertiary/aromatic N) is 2. The topological polar surface area (TPSA) is 48.6 Å². The molecule has 4 rings (SSSR count). The Morgan fingerprint density at radius 1 is 1.46 bits per heavy atom. The Kier molecular flexibility index (Phi) is 5.25. The highest BCUT2D eigenvalue weighted by Gasteiger charge is 2.36. The van der Waals surface area contributed by atoms with Crippen LogP contribution < -0.4 is 0 Å². The zero-order valence-electron chi connectivity index (χ0n) is 16.7. The summed E-state index contributed by atoms with van der Waals surface area (Å²) in [5, 5.41) is 1.26. The summed E-state index contributed by atoms with van der Waals surface area (Å²) >= 11 is 0. The number of alkyl halides is 1. The fourth-order valence-corrected chi connectivity index (χ4v) is 4.64. The number of likely N-dealkylation sites (N-methyl/N-ethyl adjacent to an activating group) is 1. The molecule has 0 fully saturated rings. The van der Waals surface area contributed by atoms with Gasteiger partial charge in [-0.2, -0.15) is 0 Å². The van der Waals surface area contributed by atoms with E-state index in [9.17, 15) is 9.18 Å². The number of methoxy groups -OCH3 is 1. The van der Waals surface area contributed by atoms with Gasteiger partial charge in [0, 0.05) is 43.3 Å². The van der Waals surface area contributed by atoms with Gasteiger partial charge in [0.2, 0.25) is 5.91 Å². The molecule has 0 spiro atoms. The molecular weight excluding hydrogens is 357 g/mol. The van der Waals surface area contributed by atoms with Crippen LogP contribution in [-0.4, -0.2) is 73.3 Å². The average Bonchev–Trinajstić information content (AvgIpc) is 3.09. The second kappa shape index (κ2) is 7.68. The predicted molar refractivity (Wildman–Crippen MR) is 109 cm³/mol. The first-order valence-corrected chi connectivity index (χ1v) is 9.92. The van der Waals surface area contributed by atoms with E-state index >= 15 is 0 Å². The predicted octanol–water partition coefficient (Wildman–Crippen LogP) is 2.87. The maximum Gasteiger partial charge on any atom is 0.230 e. The number of hydrogen-bond acceptors (Lipinski definition) is 3. The van der Waals surface area contributed by atoms with Crippen LogP contribution in [0.15, 0.2) is 30.5 Å². The third-order valence-corrected chi connectivity index (χ3v) is 5.93. The number of benzene rings is 1. The van der Waals surface area contributed by atoms with E-state index in [1.165, 1.54) is 29.0 Å². The zero-order chi connectivity index (χ0) is 19.8. The Morgan fingerprint density at radius 3 is 3.04 bits per heavy atom. The fraction of sp³-hybridized carbons (Fsp3) is 0.500. The van der Waals surface area contributed by atoms with Crippen LogP contribution >= 0.6 is 0 Å². The summed E-state index contributed by atoms with van der Waals surface area (Å²) in [4.78, 5) is 20.5. The quantitative estimate of drug-likeness (QED) is 0.832. The standard InChI is InChI=1S/C22H28FN3O2/c1-14(23)12-26(7-8-28-3)22(27)16-9-18-17-5-4-6-19-21(17)15(11-24-19)10-20(18)25(2)13-16/h4-6,9,11,14,16,20,24H,7-8,10,12-13H2,1-3H3. The number of rotatable bonds is 6. The summed E-state index contributed by atoms with van der Waals surface area (Å²) in [6.45, 7) is 3.06. The lowest BCUT2D eigenvalue weighted by Crippen LogP contribution is -2.49. The van der Waals surface area contributed by atoms with E-state index in [0.717, 1.165) is 11.9 Å². The van der Waals surface area contributed by atoms with E-state index in [1.807, 2.05) is 0 Å². The van der Waals surface area contributed by atoms with Gasteiger partial charge in [0.15, 0.2) is 0 Å². The maximum atomic E-state index is 13.7. The molecule has 5 nitrogen and oxygen atoms in total. The molecule has 1 amide bonds. The van der Waals surface area contributed by atoms with Gasteiger partial charge in [0.1, 0.15) is 6.17 Å². The molecule has 2 aliphatic rings. The Bertz CT molecular complexity index is 904. The largest absolute Gasteiger partial charge is 0.383 e. The van der Waals surface area contributed by atoms with Gasteiger partial charge < -0.3 is 14.6 Å². The number of halogens is 1. The van der Waals surface area contributed by atoms with Gasteiger partial charge in [-0.1, -0.05) is 18.2 Å². The van der Waals surface area contributed by atoms with Crippen molar-refractivity contribution >= 4 is 22.4 Å². The average molecular weight is 385 g/mol. The van der Waals surface area contributed by atoms with Crippen molar-refractivity contribution in [2.24, 2.45) is 5.92 Å². The van der Waals surface area contributed by atoms with E-state index in [1.54, 1.807) is 12.0 Å². The Morgan fingerprint density at radius 2 is 2.29 bits per heavy atom. The van der Waals surface area contributed by atoms with Gasteiger partial charge in [0.25, 0.3) is 0 Å². The molecule has 150 valence electrons. The van der Waals surface area contributed by atoms with Crippen molar-refractivity contribution in [3.8, 4) is 0 Å². The van der Waals surface area contributed by atoms with Crippen molar-refractivity contribution < 1.29 is 13.9 Å². The Hall–Kier alpha value is -2.18. The molecule has 2 aromatic rings. The van der Waals surface area contributed by atoms with E-state index in [4.69, 9.17) is 4.74 Å². The number of carbonyl (C=O) groups excluding carboxylic acids is 1. The summed E-state index contributed by atoms with van der Waals surface area (Å²) in [6.07, 6.45) is 4.11. The van der Waals surface area contributed by atoms with E-state index in [0.29, 0.717) is 19.7 Å². The normalized spacial score (nSPS) is 22.6. The monoisotopic (exact) mass is 385 g/mol. The van der Waals surface area contributed by atoms with E-state index in [-0.39, 0.29) is 24.4 Å². The van der Waals surface area contributed by atoms with Gasteiger partial charge in [-0.25, -0.2) is 4.39 Å². The summed E-state index contributed by atoms with van der Waals surface area (Å²) in [5.41, 5.74) is 4.88. The van der Waals surface area contributed by atoms with Crippen molar-refractivity contribution in [2.45, 2.75) is 25.6 Å². The lowest BCUT2D eigenvalue weighted by atomic mass is 9.79. The third-order valence-electron chi connectivity index (χ3n) is 5.93. The van der Waals surface area contributed by atoms with Crippen LogP contribution in [0.1, 0.15) is 18.1 Å². The van der Waals surface area contributed by atoms with Crippen molar-refractivity contribution in [1.82, 2.24) is 14.8 Å². The first-order chi connectivity index (χ1) is 13.5. The molecule has 6 heteroatoms. The van der Waals surface area contributed by atoms with Gasteiger partial charge in [-0.3, -0.25) is 9.69 Å². The highest BCUT2D eigenvalue weighted by molar-refractivity contribution is 5.99. The number of aromatic nitrogens is 1. The SMILES string of the molecule is COCCN(CC(C)F)C(=O)C1C=C2c3cccc4[nH]cc(c34)CC2N(C)C1. The molecule has 0 bridgehead atoms. The van der Waals surface area contributed by atoms with Gasteiger partial charge >= 0.3 is 0 Å². The van der Waals surface area contributed by atoms with Crippen LogP contribution in [-0.2, 0) is 16.0 Å². The van der Waals surface area contributed by atoms with Crippen molar-refractivity contribution in [3.63, 3.8) is 0 Å². The van der Waals surface area contributed by atoms with E-state index in [2.05, 4.69) is 47.4 Å². The molecule has 0 saturated carbocycles. The third kappa shape index (κ3) is 3.35. The Labute approximate surface area is 165 Å². The minimum Gasteiger partial charge on any atom is -0.383 e. The second-order valence-electron chi connectivity index (χ2n) is 7.99. The lowest BCUT2D eigenvalue weighted by molar-refractivity contribution is -0.136. The first kappa shape index (κ1) is 19.2. The number of ether oxygens (including phenoxy) is 1. The highest BCUT2D eigenvalue weighted by atomic mass is 19.1. The number of amides is 1. The first-order valence-electron chi connectivity index (χ1n) is 9.92. The van der Waals surface area contributed by atoms with Crippen LogP contribution in [0.4, 0.5) is 4.39 Å². The molecule has 3 atom stereocenters. The highest BCUT2D eigenvalue weighted by Crippen LogP contribution is 2.40. The minimum atomic E-state index is -1.06. The van der Waals surface area contributed by atoms with Crippen LogP contribution in [0.2, 0.25) is 0 Å². The summed E-state index contributed by atoms with van der Waals surface area (Å²) < 4.78 is 18.8. The number of nitrogens with one attached hydrogen (secondary N) is 1. The Balaban J connectivity index is 1.68. The molecule has 1 aliphatic heterocycles. The minimum absolute atomic E-state index is 0.0219. The number of fused-ring (bicyclic) bond motifs is 2. The summed E-state index contributed by atoms with van der Waals surface area (Å²) in [7, 11) is 3.67. The van der Waals surface area contributed by atoms with Gasteiger partial charge in [-0.15, -0.1) is 0 Å². The van der Waals surface area contributed by atoms with Crippen LogP contribution in [0, 0.1) is 5.92 Å². The smallest absolute Gasteiger partial charge is 0.230 e. The maximum absolute atomic E-state index is 13.7. The summed E-state index contributed by atoms with van der Waals surface area (Å²) in [5.74, 6) is -0.297. The molecule has 3 unspecified atom stereocenters. The molecule has 0 saturated heterocycles. The molecule has 1 aromatic heterocycles. The van der Waals surface area contributed by atoms with Crippen molar-refractivity contribution in [1.29, 1.82) is 0 Å². The molecule has 2 heterocycles. The molecule has 0 radical (unpaired) electrons. The number of aromatic amines is 1. The molecule has 28 heavy (non-hydrogen) atoms. The second-order valence-corrected chi connectivity index (χ2v) is 7.99. The van der Waals surface area contributed by atoms with Crippen LogP contribution in [0.5, 0.6) is 0 Å². The number of hydrogen-bond donors (Lipinski definition) is 1. The van der Waals surface area contributed by atoms with Crippen LogP contribution in [0.25, 0.3) is 16.5 Å². The lowest BCUT2D eigenvalue weighted by Gasteiger charge is -2.40.